The van der Waals surface area contributed by atoms with E-state index >= 15 is 0 Å². The molecule has 0 saturated heterocycles. The monoisotopic (exact) mass is 719 g/mol. The summed E-state index contributed by atoms with van der Waals surface area (Å²) in [6, 6.07) is 72.4. The molecular weight excluding hydrogens is 687 g/mol. The first-order chi connectivity index (χ1) is 27.2. The average molecular weight is 720 g/mol. The Hall–Kier alpha value is -6.94. The predicted molar refractivity (Wildman–Crippen MR) is 235 cm³/mol. The predicted octanol–water partition coefficient (Wildman–Crippen LogP) is 15.6. The fraction of sp³-hybridized carbons (Fsp3) is 0. The van der Waals surface area contributed by atoms with Crippen LogP contribution in [0.15, 0.2) is 205 Å². The largest absolute Gasteiger partial charge is 0.456 e. The average Bonchev–Trinajstić information content (AvgIpc) is 3.83. The molecule has 0 spiro atoms. The van der Waals surface area contributed by atoms with Crippen LogP contribution < -0.4 is 4.90 Å². The molecule has 0 saturated carbocycles. The third-order valence-corrected chi connectivity index (χ3v) is 12.1. The molecule has 0 radical (unpaired) electrons. The molecule has 2 aromatic heterocycles. The molecule has 2 heterocycles. The minimum atomic E-state index is 0.906. The highest BCUT2D eigenvalue weighted by Crippen LogP contribution is 2.48. The van der Waals surface area contributed by atoms with E-state index in [1.165, 1.54) is 53.2 Å². The number of nitrogens with zero attached hydrogens (tertiary/aromatic N) is 1. The number of hydrogen-bond acceptors (Lipinski definition) is 3. The van der Waals surface area contributed by atoms with Crippen LogP contribution in [0.1, 0.15) is 0 Å². The third-order valence-electron chi connectivity index (χ3n) is 10.9. The normalized spacial score (nSPS) is 11.6. The minimum absolute atomic E-state index is 0.906. The van der Waals surface area contributed by atoms with Gasteiger partial charge in [-0.15, -0.1) is 11.3 Å². The first-order valence-electron chi connectivity index (χ1n) is 18.7. The van der Waals surface area contributed by atoms with Crippen molar-refractivity contribution in [1.82, 2.24) is 0 Å². The van der Waals surface area contributed by atoms with Gasteiger partial charge in [-0.05, 0) is 93.2 Å². The van der Waals surface area contributed by atoms with E-state index in [1.807, 2.05) is 23.5 Å². The molecular formula is C52H33NOS. The van der Waals surface area contributed by atoms with Gasteiger partial charge >= 0.3 is 0 Å². The van der Waals surface area contributed by atoms with E-state index in [4.69, 9.17) is 4.42 Å². The third kappa shape index (κ3) is 5.40. The second-order valence-corrected chi connectivity index (χ2v) is 15.2. The van der Waals surface area contributed by atoms with Gasteiger partial charge in [-0.2, -0.15) is 0 Å². The van der Waals surface area contributed by atoms with Gasteiger partial charge in [-0.3, -0.25) is 0 Å². The first kappa shape index (κ1) is 31.6. The number of para-hydroxylation sites is 1. The lowest BCUT2D eigenvalue weighted by molar-refractivity contribution is 0.669. The lowest BCUT2D eigenvalue weighted by Gasteiger charge is -2.29. The molecule has 0 aliphatic heterocycles. The molecule has 55 heavy (non-hydrogen) atoms. The summed E-state index contributed by atoms with van der Waals surface area (Å²) >= 11 is 1.86. The zero-order valence-electron chi connectivity index (χ0n) is 29.8. The number of thiophene rings is 1. The van der Waals surface area contributed by atoms with Crippen molar-refractivity contribution in [3.63, 3.8) is 0 Å². The molecule has 0 aliphatic carbocycles. The Balaban J connectivity index is 1.13. The van der Waals surface area contributed by atoms with Crippen LogP contribution in [0, 0.1) is 0 Å². The summed E-state index contributed by atoms with van der Waals surface area (Å²) in [4.78, 5) is 2.47. The van der Waals surface area contributed by atoms with Crippen LogP contribution in [0.4, 0.5) is 17.1 Å². The van der Waals surface area contributed by atoms with Crippen molar-refractivity contribution < 1.29 is 4.42 Å². The van der Waals surface area contributed by atoms with E-state index in [0.717, 1.165) is 50.1 Å². The molecule has 11 aromatic rings. The molecule has 258 valence electrons. The molecule has 0 amide bonds. The maximum absolute atomic E-state index is 6.15. The molecule has 0 aliphatic rings. The van der Waals surface area contributed by atoms with Crippen molar-refractivity contribution in [3.8, 4) is 33.4 Å². The smallest absolute Gasteiger partial charge is 0.135 e. The van der Waals surface area contributed by atoms with Gasteiger partial charge in [0.25, 0.3) is 0 Å². The van der Waals surface area contributed by atoms with Crippen molar-refractivity contribution >= 4 is 81.3 Å². The maximum Gasteiger partial charge on any atom is 0.135 e. The summed E-state index contributed by atoms with van der Waals surface area (Å²) in [6.07, 6.45) is 0. The summed E-state index contributed by atoms with van der Waals surface area (Å²) < 4.78 is 8.71. The molecule has 2 nitrogen and oxygen atoms in total. The molecule has 9 aromatic carbocycles. The van der Waals surface area contributed by atoms with Gasteiger partial charge in [-0.25, -0.2) is 0 Å². The van der Waals surface area contributed by atoms with Crippen molar-refractivity contribution in [3.05, 3.63) is 200 Å². The van der Waals surface area contributed by atoms with E-state index < -0.39 is 0 Å². The van der Waals surface area contributed by atoms with E-state index in [0.29, 0.717) is 0 Å². The highest BCUT2D eigenvalue weighted by atomic mass is 32.1. The summed E-state index contributed by atoms with van der Waals surface area (Å²) in [6.45, 7) is 0. The van der Waals surface area contributed by atoms with Gasteiger partial charge in [0.05, 0.1) is 16.1 Å². The zero-order chi connectivity index (χ0) is 36.3. The first-order valence-corrected chi connectivity index (χ1v) is 19.5. The molecule has 0 unspecified atom stereocenters. The van der Waals surface area contributed by atoms with Gasteiger partial charge in [0, 0.05) is 37.5 Å². The molecule has 0 bridgehead atoms. The maximum atomic E-state index is 6.15. The summed E-state index contributed by atoms with van der Waals surface area (Å²) in [5.74, 6) is 0. The highest BCUT2D eigenvalue weighted by Gasteiger charge is 2.22. The van der Waals surface area contributed by atoms with Gasteiger partial charge < -0.3 is 9.32 Å². The minimum Gasteiger partial charge on any atom is -0.456 e. The Kier molecular flexibility index (Phi) is 7.39. The summed E-state index contributed by atoms with van der Waals surface area (Å²) in [7, 11) is 0. The van der Waals surface area contributed by atoms with Crippen molar-refractivity contribution in [1.29, 1.82) is 0 Å². The lowest BCUT2D eigenvalue weighted by Crippen LogP contribution is -2.11. The number of rotatable bonds is 6. The van der Waals surface area contributed by atoms with Gasteiger partial charge in [0.2, 0.25) is 0 Å². The number of furan rings is 1. The molecule has 3 heteroatoms. The Morgan fingerprint density at radius 1 is 0.364 bits per heavy atom. The van der Waals surface area contributed by atoms with Crippen LogP contribution in [-0.2, 0) is 0 Å². The van der Waals surface area contributed by atoms with Crippen LogP contribution in [-0.4, -0.2) is 0 Å². The van der Waals surface area contributed by atoms with Crippen LogP contribution in [0.2, 0.25) is 0 Å². The number of hydrogen-bond donors (Lipinski definition) is 0. The summed E-state index contributed by atoms with van der Waals surface area (Å²) in [5.41, 5.74) is 12.2. The molecule has 11 rings (SSSR count). The van der Waals surface area contributed by atoms with Crippen molar-refractivity contribution in [2.24, 2.45) is 0 Å². The van der Waals surface area contributed by atoms with Crippen molar-refractivity contribution in [2.45, 2.75) is 0 Å². The van der Waals surface area contributed by atoms with Gasteiger partial charge in [-0.1, -0.05) is 146 Å². The topological polar surface area (TPSA) is 16.4 Å². The number of fused-ring (bicyclic) bond motifs is 7. The quantitative estimate of drug-likeness (QED) is 0.170. The molecule has 0 N–H and O–H groups in total. The second-order valence-electron chi connectivity index (χ2n) is 14.1. The molecule has 0 fully saturated rings. The van der Waals surface area contributed by atoms with E-state index in [9.17, 15) is 0 Å². The zero-order valence-corrected chi connectivity index (χ0v) is 30.6. The Bertz CT molecular complexity index is 3210. The Morgan fingerprint density at radius 3 is 1.91 bits per heavy atom. The fourth-order valence-electron chi connectivity index (χ4n) is 8.15. The van der Waals surface area contributed by atoms with E-state index in [1.54, 1.807) is 0 Å². The standard InChI is InChI=1S/C52H33NOS/c1-2-12-36(13-3-1)42-29-25-40(38-22-21-34-11-4-5-14-37(34)31-38)33-48(42)53(47-18-10-17-45-44-16-7-9-20-51(44)55-52(45)47)41-27-23-35(24-28-41)39-26-30-50-46(32-39)43-15-6-8-19-49(43)54-50/h1-33H. The van der Waals surface area contributed by atoms with Crippen LogP contribution >= 0.6 is 11.3 Å². The highest BCUT2D eigenvalue weighted by molar-refractivity contribution is 7.26. The van der Waals surface area contributed by atoms with Gasteiger partial charge in [0.1, 0.15) is 11.2 Å². The SMILES string of the molecule is c1ccc(-c2ccc(-c3ccc4ccccc4c3)cc2N(c2ccc(-c3ccc4oc5ccccc5c4c3)cc2)c2cccc3c2sc2ccccc23)cc1. The number of benzene rings is 9. The number of anilines is 3. The van der Waals surface area contributed by atoms with E-state index in [-0.39, 0.29) is 0 Å². The van der Waals surface area contributed by atoms with Crippen molar-refractivity contribution in [2.75, 3.05) is 4.90 Å². The Morgan fingerprint density at radius 2 is 1.02 bits per heavy atom. The molecule has 0 atom stereocenters. The Labute approximate surface area is 322 Å². The fourth-order valence-corrected chi connectivity index (χ4v) is 9.36. The van der Waals surface area contributed by atoms with Crippen LogP contribution in [0.3, 0.4) is 0 Å². The second kappa shape index (κ2) is 12.9. The van der Waals surface area contributed by atoms with Crippen LogP contribution in [0.25, 0.3) is 86.3 Å². The van der Waals surface area contributed by atoms with E-state index in [2.05, 4.69) is 193 Å². The van der Waals surface area contributed by atoms with Crippen LogP contribution in [0.5, 0.6) is 0 Å². The van der Waals surface area contributed by atoms with Gasteiger partial charge in [0.15, 0.2) is 0 Å². The summed E-state index contributed by atoms with van der Waals surface area (Å²) in [5, 5.41) is 7.30. The lowest BCUT2D eigenvalue weighted by atomic mass is 9.95.